The van der Waals surface area contributed by atoms with Gasteiger partial charge in [0, 0.05) is 24.4 Å². The zero-order valence-corrected chi connectivity index (χ0v) is 19.6. The Morgan fingerprint density at radius 3 is 2.33 bits per heavy atom. The molecule has 6 nitrogen and oxygen atoms in total. The fourth-order valence-corrected chi connectivity index (χ4v) is 7.18. The van der Waals surface area contributed by atoms with Gasteiger partial charge in [-0.05, 0) is 88.3 Å². The van der Waals surface area contributed by atoms with Gasteiger partial charge in [-0.2, -0.15) is 10.2 Å². The molecule has 1 aromatic carbocycles. The van der Waals surface area contributed by atoms with E-state index in [9.17, 15) is 4.79 Å². The molecule has 2 aromatic heterocycles. The molecule has 3 aromatic rings. The molecule has 1 N–H and O–H groups in total. The van der Waals surface area contributed by atoms with Crippen molar-refractivity contribution in [2.75, 3.05) is 0 Å². The van der Waals surface area contributed by atoms with Crippen LogP contribution in [-0.2, 0) is 12.0 Å². The van der Waals surface area contributed by atoms with E-state index in [1.807, 2.05) is 52.9 Å². The van der Waals surface area contributed by atoms with Crippen LogP contribution in [0.5, 0.6) is 0 Å². The topological polar surface area (TPSA) is 64.7 Å². The predicted octanol–water partition coefficient (Wildman–Crippen LogP) is 5.05. The molecule has 33 heavy (non-hydrogen) atoms. The molecular formula is C27H33N5O. The van der Waals surface area contributed by atoms with Crippen LogP contribution in [0, 0.1) is 17.8 Å². The molecule has 4 saturated carbocycles. The lowest BCUT2D eigenvalue weighted by atomic mass is 9.48. The number of hydrogen-bond acceptors (Lipinski definition) is 3. The number of hydrogen-bond donors (Lipinski definition) is 1. The molecule has 6 heteroatoms. The summed E-state index contributed by atoms with van der Waals surface area (Å²) in [5.74, 6) is 2.35. The first-order valence-electron chi connectivity index (χ1n) is 12.5. The molecule has 4 aliphatic rings. The fraction of sp³-hybridized carbons (Fsp3) is 0.519. The van der Waals surface area contributed by atoms with E-state index in [2.05, 4.69) is 29.5 Å². The Bertz CT molecular complexity index is 1130. The quantitative estimate of drug-likeness (QED) is 0.580. The Morgan fingerprint density at radius 2 is 1.73 bits per heavy atom. The lowest BCUT2D eigenvalue weighted by Crippen LogP contribution is -2.49. The van der Waals surface area contributed by atoms with Crippen LogP contribution in [0.25, 0.3) is 5.69 Å². The highest BCUT2D eigenvalue weighted by atomic mass is 16.1. The Kier molecular flexibility index (Phi) is 4.93. The van der Waals surface area contributed by atoms with Gasteiger partial charge in [-0.1, -0.05) is 18.2 Å². The second-order valence-electron chi connectivity index (χ2n) is 10.7. The first-order valence-corrected chi connectivity index (χ1v) is 12.5. The summed E-state index contributed by atoms with van der Waals surface area (Å²) in [7, 11) is 0. The highest BCUT2D eigenvalue weighted by molar-refractivity contribution is 5.95. The molecule has 172 valence electrons. The summed E-state index contributed by atoms with van der Waals surface area (Å²) < 4.78 is 3.81. The van der Waals surface area contributed by atoms with E-state index >= 15 is 0 Å². The summed E-state index contributed by atoms with van der Waals surface area (Å²) in [6.45, 7) is 4.89. The van der Waals surface area contributed by atoms with Crippen molar-refractivity contribution in [2.24, 2.45) is 17.8 Å². The van der Waals surface area contributed by atoms with Crippen LogP contribution in [-0.4, -0.2) is 25.5 Å². The van der Waals surface area contributed by atoms with Crippen LogP contribution in [0.3, 0.4) is 0 Å². The van der Waals surface area contributed by atoms with Crippen LogP contribution in [0.2, 0.25) is 0 Å². The van der Waals surface area contributed by atoms with E-state index in [1.165, 1.54) is 38.5 Å². The number of nitrogens with zero attached hydrogens (tertiary/aromatic N) is 4. The van der Waals surface area contributed by atoms with Crippen molar-refractivity contribution in [1.29, 1.82) is 0 Å². The zero-order valence-electron chi connectivity index (χ0n) is 19.6. The van der Waals surface area contributed by atoms with Crippen molar-refractivity contribution >= 4 is 5.91 Å². The first kappa shape index (κ1) is 20.7. The van der Waals surface area contributed by atoms with Crippen LogP contribution in [0.15, 0.2) is 48.8 Å². The average Bonchev–Trinajstić information content (AvgIpc) is 3.47. The lowest BCUT2D eigenvalue weighted by Gasteiger charge is -2.56. The minimum absolute atomic E-state index is 0.0403. The number of rotatable bonds is 6. The zero-order chi connectivity index (χ0) is 22.6. The SMILES string of the molecule is CCn1ccc(C(C)NC(=O)c2cn(-c3ccccc3)nc2C23CC4CC(CC(C4)C2)C3)n1. The third-order valence-corrected chi connectivity index (χ3v) is 8.30. The number of aryl methyl sites for hydroxylation is 1. The smallest absolute Gasteiger partial charge is 0.255 e. The number of carbonyl (C=O) groups is 1. The van der Waals surface area contributed by atoms with Gasteiger partial charge in [0.05, 0.1) is 28.7 Å². The van der Waals surface area contributed by atoms with Crippen molar-refractivity contribution in [3.8, 4) is 5.69 Å². The van der Waals surface area contributed by atoms with Crippen molar-refractivity contribution in [1.82, 2.24) is 24.9 Å². The normalized spacial score (nSPS) is 28.7. The minimum Gasteiger partial charge on any atom is -0.344 e. The number of amides is 1. The van der Waals surface area contributed by atoms with Crippen molar-refractivity contribution < 1.29 is 4.79 Å². The minimum atomic E-state index is -0.158. The van der Waals surface area contributed by atoms with E-state index in [1.54, 1.807) is 0 Å². The van der Waals surface area contributed by atoms with Gasteiger partial charge >= 0.3 is 0 Å². The summed E-state index contributed by atoms with van der Waals surface area (Å²) in [5.41, 5.74) is 3.69. The van der Waals surface area contributed by atoms with E-state index < -0.39 is 0 Å². The highest BCUT2D eigenvalue weighted by Gasteiger charge is 2.54. The molecule has 0 spiro atoms. The molecule has 4 aliphatic carbocycles. The Labute approximate surface area is 195 Å². The number of nitrogens with one attached hydrogen (secondary N) is 1. The Morgan fingerprint density at radius 1 is 1.06 bits per heavy atom. The standard InChI is InChI=1S/C27H33N5O/c1-3-31-10-9-24(29-31)18(2)28-26(33)23-17-32(22-7-5-4-6-8-22)30-25(23)27-14-19-11-20(15-27)13-21(12-19)16-27/h4-10,17-21H,3,11-16H2,1-2H3,(H,28,33). The van der Waals surface area contributed by atoms with Crippen molar-refractivity contribution in [3.63, 3.8) is 0 Å². The Balaban J connectivity index is 1.36. The maximum atomic E-state index is 13.7. The molecule has 2 heterocycles. The molecule has 0 aliphatic heterocycles. The van der Waals surface area contributed by atoms with E-state index in [-0.39, 0.29) is 17.4 Å². The molecule has 7 rings (SSSR count). The second-order valence-corrected chi connectivity index (χ2v) is 10.7. The number of carbonyl (C=O) groups excluding carboxylic acids is 1. The summed E-state index contributed by atoms with van der Waals surface area (Å²) >= 11 is 0. The monoisotopic (exact) mass is 443 g/mol. The molecule has 4 fully saturated rings. The molecule has 4 bridgehead atoms. The number of aromatic nitrogens is 4. The van der Waals surface area contributed by atoms with E-state index in [4.69, 9.17) is 5.10 Å². The molecule has 1 unspecified atom stereocenters. The maximum absolute atomic E-state index is 13.7. The van der Waals surface area contributed by atoms with Crippen molar-refractivity contribution in [3.05, 3.63) is 65.7 Å². The van der Waals surface area contributed by atoms with Gasteiger partial charge in [0.15, 0.2) is 0 Å². The Hall–Kier alpha value is -2.89. The molecule has 1 atom stereocenters. The van der Waals surface area contributed by atoms with Crippen LogP contribution in [0.1, 0.15) is 80.2 Å². The van der Waals surface area contributed by atoms with E-state index in [0.717, 1.165) is 46.9 Å². The third kappa shape index (κ3) is 3.60. The van der Waals surface area contributed by atoms with Gasteiger partial charge in [0.1, 0.15) is 0 Å². The fourth-order valence-electron chi connectivity index (χ4n) is 7.18. The molecular weight excluding hydrogens is 410 g/mol. The number of benzene rings is 1. The van der Waals surface area contributed by atoms with Gasteiger partial charge < -0.3 is 5.32 Å². The van der Waals surface area contributed by atoms with Gasteiger partial charge in [-0.3, -0.25) is 9.48 Å². The lowest BCUT2D eigenvalue weighted by molar-refractivity contribution is -0.00771. The molecule has 0 radical (unpaired) electrons. The molecule has 1 amide bonds. The van der Waals surface area contributed by atoms with Gasteiger partial charge in [-0.15, -0.1) is 0 Å². The van der Waals surface area contributed by atoms with Gasteiger partial charge in [-0.25, -0.2) is 4.68 Å². The van der Waals surface area contributed by atoms with Gasteiger partial charge in [0.2, 0.25) is 0 Å². The first-order chi connectivity index (χ1) is 16.0. The van der Waals surface area contributed by atoms with Crippen LogP contribution >= 0.6 is 0 Å². The van der Waals surface area contributed by atoms with Crippen molar-refractivity contribution in [2.45, 2.75) is 70.4 Å². The van der Waals surface area contributed by atoms with Crippen LogP contribution < -0.4 is 5.32 Å². The number of para-hydroxylation sites is 1. The molecule has 0 saturated heterocycles. The largest absolute Gasteiger partial charge is 0.344 e. The summed E-state index contributed by atoms with van der Waals surface area (Å²) in [6, 6.07) is 12.0. The second kappa shape index (κ2) is 7.86. The predicted molar refractivity (Wildman–Crippen MR) is 127 cm³/mol. The summed E-state index contributed by atoms with van der Waals surface area (Å²) in [4.78, 5) is 13.7. The maximum Gasteiger partial charge on any atom is 0.255 e. The van der Waals surface area contributed by atoms with Gasteiger partial charge in [0.25, 0.3) is 5.91 Å². The third-order valence-electron chi connectivity index (χ3n) is 8.30. The highest BCUT2D eigenvalue weighted by Crippen LogP contribution is 2.60. The average molecular weight is 444 g/mol. The van der Waals surface area contributed by atoms with E-state index in [0.29, 0.717) is 0 Å². The summed E-state index contributed by atoms with van der Waals surface area (Å²) in [5, 5.41) is 12.9. The summed E-state index contributed by atoms with van der Waals surface area (Å²) in [6.07, 6.45) is 11.6. The van der Waals surface area contributed by atoms with Crippen LogP contribution in [0.4, 0.5) is 0 Å².